The van der Waals surface area contributed by atoms with E-state index in [0.29, 0.717) is 0 Å². The Hall–Kier alpha value is -10.4. The molecule has 22 heteroatoms. The van der Waals surface area contributed by atoms with Gasteiger partial charge in [0.15, 0.2) is 0 Å². The largest absolute Gasteiger partial charge is 3.00 e. The summed E-state index contributed by atoms with van der Waals surface area (Å²) in [6.07, 6.45) is 11.2. The summed E-state index contributed by atoms with van der Waals surface area (Å²) < 4.78 is 69.3. The number of aliphatic hydroxyl groups is 3. The summed E-state index contributed by atoms with van der Waals surface area (Å²) in [6.45, 7) is 16.0. The molecule has 8 heterocycles. The van der Waals surface area contributed by atoms with E-state index in [4.69, 9.17) is 42.1 Å². The molecule has 0 saturated carbocycles. The van der Waals surface area contributed by atoms with Gasteiger partial charge in [-0.1, -0.05) is 148 Å². The Morgan fingerprint density at radius 2 is 0.685 bits per heavy atom. The third kappa shape index (κ3) is 28.4. The fourth-order valence-electron chi connectivity index (χ4n) is 10.0. The van der Waals surface area contributed by atoms with Crippen molar-refractivity contribution < 1.29 is 90.5 Å². The van der Waals surface area contributed by atoms with Crippen LogP contribution in [0.2, 0.25) is 39.3 Å². The Morgan fingerprint density at radius 1 is 0.378 bits per heavy atom. The fourth-order valence-corrected chi connectivity index (χ4v) is 12.1. The van der Waals surface area contributed by atoms with Gasteiger partial charge in [0.25, 0.3) is 0 Å². The number of pyridine rings is 6. The number of aliphatic hydroxyl groups excluding tert-OH is 3. The van der Waals surface area contributed by atoms with Crippen LogP contribution in [0.1, 0.15) is 6.92 Å². The number of para-hydroxylation sites is 2. The van der Waals surface area contributed by atoms with E-state index in [1.807, 2.05) is 231 Å². The zero-order chi connectivity index (χ0) is 78.7. The predicted molar refractivity (Wildman–Crippen MR) is 439 cm³/mol. The number of nitrogens with zero attached hydrogens (tertiary/aromatic N) is 6. The first-order chi connectivity index (χ1) is 52.6. The number of hydrogen-bond donors (Lipinski definition) is 4. The van der Waals surface area contributed by atoms with Gasteiger partial charge in [-0.15, -0.1) is 167 Å². The summed E-state index contributed by atoms with van der Waals surface area (Å²) in [6, 6.07) is 106. The van der Waals surface area contributed by atoms with Gasteiger partial charge in [-0.2, -0.15) is 21.6 Å². The molecule has 111 heavy (non-hydrogen) atoms. The molecule has 16 aromatic rings. The van der Waals surface area contributed by atoms with Crippen molar-refractivity contribution in [1.82, 2.24) is 29.9 Å². The molecule has 0 amide bonds. The zero-order valence-corrected chi connectivity index (χ0v) is 70.1. The second-order valence-corrected chi connectivity index (χ2v) is 36.7. The Kier molecular flexibility index (Phi) is 38.0. The molecule has 0 bridgehead atoms. The first-order valence-electron chi connectivity index (χ1n) is 34.3. The molecule has 8 aromatic carbocycles. The summed E-state index contributed by atoms with van der Waals surface area (Å²) in [7, 11) is -6.46. The van der Waals surface area contributed by atoms with E-state index in [9.17, 15) is 13.2 Å². The molecule has 4 N–H and O–H groups in total. The van der Waals surface area contributed by atoms with Crippen LogP contribution in [0.25, 0.3) is 111 Å². The number of alkyl halides is 3. The quantitative estimate of drug-likeness (QED) is 0.0482. The van der Waals surface area contributed by atoms with Crippen LogP contribution in [-0.2, 0) is 50.3 Å². The first kappa shape index (κ1) is 91.2. The predicted octanol–water partition coefficient (Wildman–Crippen LogP) is 20.0. The molecule has 16 rings (SSSR count). The van der Waals surface area contributed by atoms with Gasteiger partial charge in [0.05, 0.1) is 27.4 Å². The van der Waals surface area contributed by atoms with Crippen molar-refractivity contribution >= 4 is 80.5 Å². The molecule has 573 valence electrons. The van der Waals surface area contributed by atoms with Gasteiger partial charge in [0.1, 0.15) is 16.7 Å². The van der Waals surface area contributed by atoms with Crippen LogP contribution < -0.4 is 10.4 Å². The molecule has 0 aliphatic carbocycles. The van der Waals surface area contributed by atoms with Crippen LogP contribution in [0, 0.1) is 30.3 Å². The van der Waals surface area contributed by atoms with Gasteiger partial charge in [0.2, 0.25) is 0 Å². The number of fused-ring (bicyclic) bond motifs is 6. The maximum atomic E-state index is 10.7. The third-order valence-corrected chi connectivity index (χ3v) is 20.1. The van der Waals surface area contributed by atoms with Gasteiger partial charge >= 0.3 is 35.7 Å². The summed E-state index contributed by atoms with van der Waals surface area (Å²) in [4.78, 5) is 26.2. The van der Waals surface area contributed by atoms with Crippen molar-refractivity contribution in [2.24, 2.45) is 0 Å². The maximum Gasteiger partial charge on any atom is 3.00 e. The third-order valence-electron chi connectivity index (χ3n) is 15.4. The number of rotatable bonds is 8. The number of furan rings is 2. The molecule has 0 unspecified atom stereocenters. The Labute approximate surface area is 676 Å². The number of hydrogen-bond acceptors (Lipinski definition) is 13. The molecule has 0 fully saturated rings. The van der Waals surface area contributed by atoms with Crippen LogP contribution >= 0.6 is 0 Å². The van der Waals surface area contributed by atoms with Crippen molar-refractivity contribution in [3.63, 3.8) is 0 Å². The van der Waals surface area contributed by atoms with Crippen molar-refractivity contribution in [1.29, 1.82) is 0 Å². The number of halogens is 3. The standard InChI is InChI=1S/C20H19NOSi.C20H18NOSi.4C11H8N.C2H6O.CHF3O3S.2CH4O.2Ir/c2*1-23(2,3)15-9-10-18(21-13-15)14-8-11-20-17(12-14)16-6-4-5-7-19(16)22-20;4*1-2-6-10(7-3-1)11-8-4-5-9-12-11;1-2-3;2-1(3,4)8(5,6)7;2*1-2;;/h4-13H,1-3H3;4-7,9-13H,1-3H3;4*1-6,8-9H;3H,2H2,1H3;(H,5,6,7);2*2H,1H3;;/q;5*-1;;;;;;+3. The molecule has 0 saturated heterocycles. The van der Waals surface area contributed by atoms with Crippen molar-refractivity contribution in [3.05, 3.63) is 340 Å². The molecule has 1 radical (unpaired) electrons. The average Bonchev–Trinajstić information content (AvgIpc) is 1.64. The summed E-state index contributed by atoms with van der Waals surface area (Å²) >= 11 is 0. The molecular formula is C89H84F3Ir2N6O8SSi2-2. The van der Waals surface area contributed by atoms with Crippen molar-refractivity contribution in [2.45, 2.75) is 51.7 Å². The van der Waals surface area contributed by atoms with Crippen LogP contribution in [0.15, 0.2) is 319 Å². The topological polar surface area (TPSA) is 219 Å². The first-order valence-corrected chi connectivity index (χ1v) is 42.8. The molecule has 0 aliphatic rings. The fraction of sp³-hybridized carbons (Fsp3) is 0.124. The molecule has 14 nitrogen and oxygen atoms in total. The van der Waals surface area contributed by atoms with Crippen LogP contribution in [0.5, 0.6) is 0 Å². The Morgan fingerprint density at radius 3 is 0.991 bits per heavy atom. The minimum atomic E-state index is -5.84. The molecule has 0 aliphatic heterocycles. The van der Waals surface area contributed by atoms with E-state index >= 15 is 0 Å². The maximum absolute atomic E-state index is 10.7. The van der Waals surface area contributed by atoms with Gasteiger partial charge < -0.3 is 49.1 Å². The number of aromatic nitrogens is 6. The number of benzene rings is 8. The van der Waals surface area contributed by atoms with Crippen LogP contribution in [0.4, 0.5) is 13.2 Å². The minimum absolute atomic E-state index is 0. The van der Waals surface area contributed by atoms with E-state index in [0.717, 1.165) is 126 Å². The van der Waals surface area contributed by atoms with E-state index < -0.39 is 31.8 Å². The van der Waals surface area contributed by atoms with E-state index in [1.54, 1.807) is 31.7 Å². The van der Waals surface area contributed by atoms with Gasteiger partial charge in [-0.05, 0) is 106 Å². The molecule has 0 atom stereocenters. The van der Waals surface area contributed by atoms with E-state index in [2.05, 4.69) is 149 Å². The molecule has 8 aromatic heterocycles. The summed E-state index contributed by atoms with van der Waals surface area (Å²) in [5.41, 5.74) is 10.3. The van der Waals surface area contributed by atoms with Crippen molar-refractivity contribution in [3.8, 4) is 67.5 Å². The van der Waals surface area contributed by atoms with E-state index in [-0.39, 0.29) is 46.8 Å². The summed E-state index contributed by atoms with van der Waals surface area (Å²) in [5.74, 6) is 0. The average molecular weight is 1900 g/mol. The second-order valence-electron chi connectivity index (χ2n) is 25.1. The van der Waals surface area contributed by atoms with Crippen LogP contribution in [-0.4, -0.2) is 101 Å². The van der Waals surface area contributed by atoms with Gasteiger partial charge in [0, 0.05) is 99.8 Å². The molecule has 0 spiro atoms. The van der Waals surface area contributed by atoms with Crippen LogP contribution in [0.3, 0.4) is 0 Å². The SMILES string of the molecule is CCO.CO.CO.C[Si](C)(C)c1ccc(-c2[c-]cc3oc4ccccc4c3c2)nc1.C[Si](C)(C)c1ccc(-c2ccc3oc4ccccc4c3c2)nc1.O=S(=O)(O)C(F)(F)F.[Ir+3].[Ir].[c-]1ccccc1-c1ccccn1.[c-]1ccccc1-c1ccccn1.[c-]1ccccc1-c1ccccn1.[c-]1ccccc1-c1ccccn1. The van der Waals surface area contributed by atoms with E-state index in [1.165, 1.54) is 10.4 Å². The second kappa shape index (κ2) is 46.3. The minimum Gasteiger partial charge on any atom is -0.500 e. The normalized spacial score (nSPS) is 10.5. The van der Waals surface area contributed by atoms with Crippen molar-refractivity contribution in [2.75, 3.05) is 20.8 Å². The Bertz CT molecular complexity index is 4770. The smallest absolute Gasteiger partial charge is 0.500 e. The van der Waals surface area contributed by atoms with Gasteiger partial charge in [-0.3, -0.25) is 9.54 Å². The molecular weight excluding hydrogens is 1810 g/mol. The zero-order valence-electron chi connectivity index (χ0n) is 62.5. The summed E-state index contributed by atoms with van der Waals surface area (Å²) in [5, 5.41) is 28.9. The Balaban J connectivity index is 0.000000234. The monoisotopic (exact) mass is 1900 g/mol. The van der Waals surface area contributed by atoms with Gasteiger partial charge in [-0.25, -0.2) is 0 Å².